The number of H-pyrrole nitrogens is 1. The lowest BCUT2D eigenvalue weighted by molar-refractivity contribution is -0.157. The number of nitrogens with zero attached hydrogens (tertiary/aromatic N) is 1. The number of aryl methyl sites for hydroxylation is 2. The molecule has 1 unspecified atom stereocenters. The third-order valence-electron chi connectivity index (χ3n) is 5.42. The lowest BCUT2D eigenvalue weighted by Gasteiger charge is -2.24. The molecule has 4 rings (SSSR count). The van der Waals surface area contributed by atoms with Gasteiger partial charge in [0.25, 0.3) is 0 Å². The predicted octanol–water partition coefficient (Wildman–Crippen LogP) is 2.35. The van der Waals surface area contributed by atoms with Crippen molar-refractivity contribution in [1.82, 2.24) is 9.55 Å². The van der Waals surface area contributed by atoms with Crippen molar-refractivity contribution in [2.45, 2.75) is 69.1 Å². The van der Waals surface area contributed by atoms with E-state index < -0.39 is 32.9 Å². The summed E-state index contributed by atoms with van der Waals surface area (Å²) >= 11 is 2.08. The fourth-order valence-electron chi connectivity index (χ4n) is 3.91. The first-order chi connectivity index (χ1) is 13.5. The second-order valence-electron chi connectivity index (χ2n) is 8.26. The van der Waals surface area contributed by atoms with Gasteiger partial charge in [0, 0.05) is 0 Å². The Balaban J connectivity index is 1.75. The smallest absolute Gasteiger partial charge is 0.316 e. The number of aromatic amines is 1. The van der Waals surface area contributed by atoms with E-state index in [-0.39, 0.29) is 12.6 Å². The average Bonchev–Trinajstić information content (AvgIpc) is 3.12. The Morgan fingerprint density at radius 2 is 1.83 bits per heavy atom. The van der Waals surface area contributed by atoms with Gasteiger partial charge in [-0.3, -0.25) is 14.2 Å². The Kier molecular flexibility index (Phi) is 5.18. The van der Waals surface area contributed by atoms with E-state index in [2.05, 4.69) is 27.6 Å². The maximum absolute atomic E-state index is 12.7. The van der Waals surface area contributed by atoms with Crippen molar-refractivity contribution in [2.24, 2.45) is 0 Å². The van der Waals surface area contributed by atoms with Crippen LogP contribution in [0.2, 0.25) is 0 Å². The highest BCUT2D eigenvalue weighted by atomic mass is 127. The topological polar surface area (TPSA) is 91.8 Å². The molecule has 2 fully saturated rings. The lowest BCUT2D eigenvalue weighted by atomic mass is 10.1. The molecule has 1 aromatic carbocycles. The summed E-state index contributed by atoms with van der Waals surface area (Å²) in [5.74, 6) is -0.703. The zero-order chi connectivity index (χ0) is 21.1. The van der Waals surface area contributed by atoms with Crippen LogP contribution in [0.3, 0.4) is 0 Å². The van der Waals surface area contributed by atoms with Gasteiger partial charge in [-0.2, -0.15) is 0 Å². The molecule has 2 saturated heterocycles. The summed E-state index contributed by atoms with van der Waals surface area (Å²) in [4.78, 5) is 27.7. The van der Waals surface area contributed by atoms with E-state index >= 15 is 0 Å². The standard InChI is InChI=1S/C20H25IN2O6/c1-10-6-12-13(7-11(10)2)23(18(25)17(24)22-12)8-14-16(29-20(5,21)28-14)15-9-26-19(3,4)27-15/h6-7,14-16H,8-9H2,1-5H3,(H,22,24)/t14-,15+,16-,20?/m0/s1. The van der Waals surface area contributed by atoms with Crippen molar-refractivity contribution in [2.75, 3.05) is 6.61 Å². The highest BCUT2D eigenvalue weighted by Crippen LogP contribution is 2.39. The number of rotatable bonds is 3. The summed E-state index contributed by atoms with van der Waals surface area (Å²) in [7, 11) is 0. The van der Waals surface area contributed by atoms with Crippen molar-refractivity contribution in [3.8, 4) is 0 Å². The Bertz CT molecular complexity index is 1070. The molecule has 0 spiro atoms. The molecule has 8 nitrogen and oxygen atoms in total. The molecule has 0 saturated carbocycles. The molecule has 0 bridgehead atoms. The van der Waals surface area contributed by atoms with Crippen molar-refractivity contribution in [1.29, 1.82) is 0 Å². The number of fused-ring (bicyclic) bond motifs is 1. The summed E-state index contributed by atoms with van der Waals surface area (Å²) in [5, 5.41) is 0. The Morgan fingerprint density at radius 1 is 1.14 bits per heavy atom. The molecule has 1 N–H and O–H groups in total. The minimum Gasteiger partial charge on any atom is -0.348 e. The Hall–Kier alpha value is -1.27. The normalized spacial score (nSPS) is 31.6. The molecule has 0 aliphatic carbocycles. The molecule has 29 heavy (non-hydrogen) atoms. The van der Waals surface area contributed by atoms with E-state index in [0.717, 1.165) is 11.1 Å². The number of nitrogens with one attached hydrogen (secondary N) is 1. The van der Waals surface area contributed by atoms with Crippen molar-refractivity contribution >= 4 is 33.6 Å². The van der Waals surface area contributed by atoms with Gasteiger partial charge in [0.2, 0.25) is 3.79 Å². The molecular formula is C20H25IN2O6. The van der Waals surface area contributed by atoms with Crippen molar-refractivity contribution in [3.63, 3.8) is 0 Å². The van der Waals surface area contributed by atoms with Crippen LogP contribution in [-0.2, 0) is 25.5 Å². The Labute approximate surface area is 181 Å². The molecule has 9 heteroatoms. The van der Waals surface area contributed by atoms with Crippen LogP contribution < -0.4 is 11.1 Å². The molecule has 158 valence electrons. The minimum absolute atomic E-state index is 0.172. The molecule has 3 heterocycles. The molecule has 0 radical (unpaired) electrons. The Morgan fingerprint density at radius 3 is 2.48 bits per heavy atom. The zero-order valence-corrected chi connectivity index (χ0v) is 19.2. The van der Waals surface area contributed by atoms with Crippen molar-refractivity contribution < 1.29 is 18.9 Å². The van der Waals surface area contributed by atoms with Crippen LogP contribution in [0.1, 0.15) is 31.9 Å². The highest BCUT2D eigenvalue weighted by molar-refractivity contribution is 14.1. The molecule has 4 atom stereocenters. The molecule has 2 aromatic rings. The maximum Gasteiger partial charge on any atom is 0.316 e. The summed E-state index contributed by atoms with van der Waals surface area (Å²) in [6.07, 6.45) is -1.25. The molecule has 2 aliphatic rings. The van der Waals surface area contributed by atoms with E-state index in [0.29, 0.717) is 17.6 Å². The van der Waals surface area contributed by atoms with Crippen LogP contribution in [0.4, 0.5) is 0 Å². The number of benzene rings is 1. The highest BCUT2D eigenvalue weighted by Gasteiger charge is 2.50. The van der Waals surface area contributed by atoms with E-state index in [9.17, 15) is 9.59 Å². The third kappa shape index (κ3) is 4.02. The fraction of sp³-hybridized carbons (Fsp3) is 0.600. The van der Waals surface area contributed by atoms with Crippen LogP contribution in [0.25, 0.3) is 11.0 Å². The summed E-state index contributed by atoms with van der Waals surface area (Å²) < 4.78 is 24.5. The lowest BCUT2D eigenvalue weighted by Crippen LogP contribution is -2.44. The maximum atomic E-state index is 12.7. The first-order valence-electron chi connectivity index (χ1n) is 9.56. The number of alkyl halides is 1. The van der Waals surface area contributed by atoms with Crippen LogP contribution in [-0.4, -0.2) is 44.1 Å². The van der Waals surface area contributed by atoms with E-state index in [4.69, 9.17) is 18.9 Å². The van der Waals surface area contributed by atoms with Crippen LogP contribution in [0.15, 0.2) is 21.7 Å². The second kappa shape index (κ2) is 7.16. The van der Waals surface area contributed by atoms with Gasteiger partial charge in [0.15, 0.2) is 5.79 Å². The van der Waals surface area contributed by atoms with Crippen LogP contribution in [0, 0.1) is 13.8 Å². The fourth-order valence-corrected chi connectivity index (χ4v) is 4.53. The average molecular weight is 516 g/mol. The monoisotopic (exact) mass is 516 g/mol. The number of halogens is 1. The van der Waals surface area contributed by atoms with Crippen LogP contribution in [0.5, 0.6) is 0 Å². The molecule has 0 amide bonds. The summed E-state index contributed by atoms with van der Waals surface area (Å²) in [5.41, 5.74) is 2.07. The van der Waals surface area contributed by atoms with Gasteiger partial charge in [-0.25, -0.2) is 0 Å². The first kappa shape index (κ1) is 21.0. The van der Waals surface area contributed by atoms with Gasteiger partial charge in [0.05, 0.1) is 24.2 Å². The zero-order valence-electron chi connectivity index (χ0n) is 17.1. The van der Waals surface area contributed by atoms with Gasteiger partial charge >= 0.3 is 11.1 Å². The van der Waals surface area contributed by atoms with Crippen molar-refractivity contribution in [3.05, 3.63) is 44.0 Å². The summed E-state index contributed by atoms with van der Waals surface area (Å²) in [6.45, 7) is 9.99. The molecular weight excluding hydrogens is 491 g/mol. The number of ether oxygens (including phenoxy) is 4. The molecule has 1 aromatic heterocycles. The van der Waals surface area contributed by atoms with E-state index in [1.165, 1.54) is 4.57 Å². The van der Waals surface area contributed by atoms with Gasteiger partial charge in [-0.05, 0) is 80.5 Å². The summed E-state index contributed by atoms with van der Waals surface area (Å²) in [6, 6.07) is 3.79. The second-order valence-corrected chi connectivity index (χ2v) is 10.2. The first-order valence-corrected chi connectivity index (χ1v) is 10.6. The van der Waals surface area contributed by atoms with Gasteiger partial charge < -0.3 is 23.9 Å². The quantitative estimate of drug-likeness (QED) is 0.383. The van der Waals surface area contributed by atoms with E-state index in [1.807, 2.05) is 46.8 Å². The van der Waals surface area contributed by atoms with Gasteiger partial charge in [-0.1, -0.05) is 0 Å². The number of hydrogen-bond donors (Lipinski definition) is 1. The van der Waals surface area contributed by atoms with Crippen LogP contribution >= 0.6 is 22.6 Å². The van der Waals surface area contributed by atoms with E-state index in [1.54, 1.807) is 0 Å². The number of aromatic nitrogens is 2. The van der Waals surface area contributed by atoms with Gasteiger partial charge in [-0.15, -0.1) is 0 Å². The predicted molar refractivity (Wildman–Crippen MR) is 115 cm³/mol. The minimum atomic E-state index is -0.865. The number of hydrogen-bond acceptors (Lipinski definition) is 6. The molecule has 2 aliphatic heterocycles. The SMILES string of the molecule is Cc1cc2[nH]c(=O)c(=O)n(C[C@@H]3OC(C)(I)O[C@@H]3[C@H]3COC(C)(C)O3)c2cc1C. The third-order valence-corrected chi connectivity index (χ3v) is 5.93. The largest absolute Gasteiger partial charge is 0.348 e. The van der Waals surface area contributed by atoms with Gasteiger partial charge in [0.1, 0.15) is 18.3 Å².